The molecule has 206 valence electrons. The van der Waals surface area contributed by atoms with E-state index in [9.17, 15) is 14.6 Å². The van der Waals surface area contributed by atoms with E-state index in [1.165, 1.54) is 23.9 Å². The number of hydrogen-bond donors (Lipinski definition) is 2. The third-order valence-corrected chi connectivity index (χ3v) is 9.47. The van der Waals surface area contributed by atoms with Crippen molar-refractivity contribution in [3.8, 4) is 5.75 Å². The highest BCUT2D eigenvalue weighted by Gasteiger charge is 2.43. The average molecular weight is 572 g/mol. The first kappa shape index (κ1) is 26.6. The van der Waals surface area contributed by atoms with Gasteiger partial charge in [0, 0.05) is 68.5 Å². The maximum Gasteiger partial charge on any atom is 0.152 e. The lowest BCUT2D eigenvalue weighted by molar-refractivity contribution is 0.00437. The summed E-state index contributed by atoms with van der Waals surface area (Å²) in [5, 5.41) is 21.5. The van der Waals surface area contributed by atoms with E-state index in [0.29, 0.717) is 59.3 Å². The second-order valence-corrected chi connectivity index (χ2v) is 12.6. The number of halogens is 2. The van der Waals surface area contributed by atoms with Crippen molar-refractivity contribution in [2.24, 2.45) is 5.92 Å². The normalized spacial score (nSPS) is 18.7. The van der Waals surface area contributed by atoms with Gasteiger partial charge in [-0.15, -0.1) is 0 Å². The Balaban J connectivity index is 1.13. The van der Waals surface area contributed by atoms with E-state index in [4.69, 9.17) is 21.3 Å². The van der Waals surface area contributed by atoms with Crippen LogP contribution in [0.2, 0.25) is 5.02 Å². The standard InChI is InChI=1S/C28H31ClFN5O3S/c1-27(2,37)18-14-35(15-18)26-24(29)22(5-8-31-26)39-23-13-32-25(20(16-36)33-23)34-9-6-28(7-10-34)12-17-3-4-19(30)11-21(17)38-28/h3-5,8,11,13,18,36-37H,6-7,9-10,12,14-16H2,1-2H3. The minimum atomic E-state index is -0.739. The number of hydrogen-bond acceptors (Lipinski definition) is 9. The quantitative estimate of drug-likeness (QED) is 0.444. The number of rotatable bonds is 6. The Morgan fingerprint density at radius 1 is 1.15 bits per heavy atom. The van der Waals surface area contributed by atoms with Gasteiger partial charge in [0.25, 0.3) is 0 Å². The number of fused-ring (bicyclic) bond motifs is 1. The first-order valence-corrected chi connectivity index (χ1v) is 14.3. The van der Waals surface area contributed by atoms with E-state index in [-0.39, 0.29) is 23.9 Å². The predicted molar refractivity (Wildman–Crippen MR) is 148 cm³/mol. The van der Waals surface area contributed by atoms with Crippen molar-refractivity contribution in [2.45, 2.75) is 60.8 Å². The molecule has 0 bridgehead atoms. The lowest BCUT2D eigenvalue weighted by Crippen LogP contribution is -2.56. The molecular weight excluding hydrogens is 541 g/mol. The van der Waals surface area contributed by atoms with Crippen molar-refractivity contribution in [3.63, 3.8) is 0 Å². The summed E-state index contributed by atoms with van der Waals surface area (Å²) in [7, 11) is 0. The molecule has 0 radical (unpaired) electrons. The molecule has 2 aromatic heterocycles. The van der Waals surface area contributed by atoms with Gasteiger partial charge in [-0.05, 0) is 31.5 Å². The van der Waals surface area contributed by atoms with Crippen LogP contribution in [0.15, 0.2) is 46.6 Å². The zero-order valence-electron chi connectivity index (χ0n) is 21.9. The smallest absolute Gasteiger partial charge is 0.152 e. The van der Waals surface area contributed by atoms with Crippen LogP contribution in [-0.2, 0) is 13.0 Å². The van der Waals surface area contributed by atoms with Crippen LogP contribution in [0, 0.1) is 11.7 Å². The maximum absolute atomic E-state index is 13.7. The Labute approximate surface area is 236 Å². The van der Waals surface area contributed by atoms with Crippen LogP contribution in [0.3, 0.4) is 0 Å². The molecule has 11 heteroatoms. The van der Waals surface area contributed by atoms with E-state index in [1.54, 1.807) is 12.4 Å². The van der Waals surface area contributed by atoms with Crippen LogP contribution in [0.1, 0.15) is 37.9 Å². The van der Waals surface area contributed by atoms with Crippen LogP contribution in [0.5, 0.6) is 5.75 Å². The van der Waals surface area contributed by atoms with E-state index in [0.717, 1.165) is 29.7 Å². The van der Waals surface area contributed by atoms with Crippen molar-refractivity contribution >= 4 is 35.0 Å². The summed E-state index contributed by atoms with van der Waals surface area (Å²) in [5.74, 6) is 1.88. The minimum absolute atomic E-state index is 0.167. The van der Waals surface area contributed by atoms with Gasteiger partial charge >= 0.3 is 0 Å². The fraction of sp³-hybridized carbons (Fsp3) is 0.464. The van der Waals surface area contributed by atoms with Crippen LogP contribution < -0.4 is 14.5 Å². The first-order valence-electron chi connectivity index (χ1n) is 13.1. The molecule has 0 amide bonds. The summed E-state index contributed by atoms with van der Waals surface area (Å²) in [6.45, 7) is 6.20. The molecule has 3 aromatic rings. The second-order valence-electron chi connectivity index (χ2n) is 11.1. The topological polar surface area (TPSA) is 94.8 Å². The number of anilines is 2. The minimum Gasteiger partial charge on any atom is -0.486 e. The summed E-state index contributed by atoms with van der Waals surface area (Å²) in [5.41, 5.74) is 0.492. The van der Waals surface area contributed by atoms with E-state index < -0.39 is 5.60 Å². The molecule has 6 rings (SSSR count). The monoisotopic (exact) mass is 571 g/mol. The maximum atomic E-state index is 13.7. The van der Waals surface area contributed by atoms with Gasteiger partial charge in [0.05, 0.1) is 23.4 Å². The molecule has 0 saturated carbocycles. The van der Waals surface area contributed by atoms with Crippen LogP contribution in [0.4, 0.5) is 16.0 Å². The molecule has 2 fully saturated rings. The van der Waals surface area contributed by atoms with E-state index in [1.807, 2.05) is 26.0 Å². The predicted octanol–water partition coefficient (Wildman–Crippen LogP) is 4.49. The number of aliphatic hydroxyl groups excluding tert-OH is 1. The summed E-state index contributed by atoms with van der Waals surface area (Å²) in [6, 6.07) is 6.60. The van der Waals surface area contributed by atoms with Crippen molar-refractivity contribution in [3.05, 3.63) is 58.8 Å². The van der Waals surface area contributed by atoms with Gasteiger partial charge in [0.2, 0.25) is 0 Å². The Bertz CT molecular complexity index is 1390. The van der Waals surface area contributed by atoms with Crippen LogP contribution >= 0.6 is 23.4 Å². The zero-order valence-corrected chi connectivity index (χ0v) is 23.5. The Morgan fingerprint density at radius 3 is 2.64 bits per heavy atom. The molecular formula is C28H31ClFN5O3S. The molecule has 39 heavy (non-hydrogen) atoms. The largest absolute Gasteiger partial charge is 0.486 e. The van der Waals surface area contributed by atoms with Gasteiger partial charge in [-0.25, -0.2) is 19.3 Å². The summed E-state index contributed by atoms with van der Waals surface area (Å²) < 4.78 is 19.9. The summed E-state index contributed by atoms with van der Waals surface area (Å²) >= 11 is 8.11. The number of nitrogens with zero attached hydrogens (tertiary/aromatic N) is 5. The SMILES string of the molecule is CC(C)(O)C1CN(c2nccc(Sc3cnc(N4CCC5(CC4)Cc4ccc(F)cc4O5)c(CO)n3)c2Cl)C1. The van der Waals surface area contributed by atoms with Gasteiger partial charge in [0.15, 0.2) is 5.82 Å². The number of pyridine rings is 1. The van der Waals surface area contributed by atoms with E-state index in [2.05, 4.69) is 19.8 Å². The Kier molecular flexibility index (Phi) is 6.86. The number of aromatic nitrogens is 3. The van der Waals surface area contributed by atoms with Crippen molar-refractivity contribution in [1.29, 1.82) is 0 Å². The fourth-order valence-electron chi connectivity index (χ4n) is 5.54. The van der Waals surface area contributed by atoms with Gasteiger partial charge < -0.3 is 24.7 Å². The highest BCUT2D eigenvalue weighted by Crippen LogP contribution is 2.43. The fourth-order valence-corrected chi connectivity index (χ4v) is 6.68. The third kappa shape index (κ3) is 5.15. The molecule has 1 aromatic carbocycles. The molecule has 1 spiro atoms. The summed E-state index contributed by atoms with van der Waals surface area (Å²) in [4.78, 5) is 18.8. The molecule has 0 aliphatic carbocycles. The lowest BCUT2D eigenvalue weighted by atomic mass is 9.84. The zero-order chi connectivity index (χ0) is 27.4. The van der Waals surface area contributed by atoms with Gasteiger partial charge in [-0.3, -0.25) is 0 Å². The molecule has 2 N–H and O–H groups in total. The molecule has 0 atom stereocenters. The van der Waals surface area contributed by atoms with Gasteiger partial charge in [-0.1, -0.05) is 29.4 Å². The Morgan fingerprint density at radius 2 is 1.92 bits per heavy atom. The number of aliphatic hydroxyl groups is 2. The molecule has 3 aliphatic rings. The number of benzene rings is 1. The Hall–Kier alpha value is -2.66. The number of piperidine rings is 1. The average Bonchev–Trinajstić information content (AvgIpc) is 3.21. The lowest BCUT2D eigenvalue weighted by Gasteiger charge is -2.46. The highest BCUT2D eigenvalue weighted by atomic mass is 35.5. The van der Waals surface area contributed by atoms with Crippen molar-refractivity contribution < 1.29 is 19.3 Å². The van der Waals surface area contributed by atoms with Crippen molar-refractivity contribution in [2.75, 3.05) is 36.0 Å². The van der Waals surface area contributed by atoms with Gasteiger partial charge in [-0.2, -0.15) is 0 Å². The third-order valence-electron chi connectivity index (χ3n) is 8.02. The molecule has 8 nitrogen and oxygen atoms in total. The van der Waals surface area contributed by atoms with Crippen LogP contribution in [-0.4, -0.2) is 62.5 Å². The van der Waals surface area contributed by atoms with Crippen LogP contribution in [0.25, 0.3) is 0 Å². The van der Waals surface area contributed by atoms with Gasteiger partial charge in [0.1, 0.15) is 33.7 Å². The molecule has 5 heterocycles. The highest BCUT2D eigenvalue weighted by molar-refractivity contribution is 7.99. The number of ether oxygens (including phenoxy) is 1. The second kappa shape index (κ2) is 10.1. The summed E-state index contributed by atoms with van der Waals surface area (Å²) in [6.07, 6.45) is 5.74. The molecule has 0 unspecified atom stereocenters. The molecule has 3 aliphatic heterocycles. The van der Waals surface area contributed by atoms with E-state index >= 15 is 0 Å². The first-order chi connectivity index (χ1) is 18.6. The van der Waals surface area contributed by atoms with Crippen molar-refractivity contribution in [1.82, 2.24) is 15.0 Å². The molecule has 2 saturated heterocycles.